The van der Waals surface area contributed by atoms with Gasteiger partial charge in [-0.3, -0.25) is 0 Å². The number of fused-ring (bicyclic) bond motifs is 2. The van der Waals surface area contributed by atoms with Crippen LogP contribution in [0.4, 0.5) is 0 Å². The van der Waals surface area contributed by atoms with Gasteiger partial charge in [0, 0.05) is 11.5 Å². The van der Waals surface area contributed by atoms with Gasteiger partial charge >= 0.3 is 0 Å². The second-order valence-corrected chi connectivity index (χ2v) is 3.18. The standard InChI is InChI=1S/C7H9ClO/c8-5-3-6-1-2-7(4-5)9-6/h3,6-7H,1-2,4H2. The van der Waals surface area contributed by atoms with E-state index in [1.54, 1.807) is 0 Å². The summed E-state index contributed by atoms with van der Waals surface area (Å²) in [6.45, 7) is 0. The molecule has 2 unspecified atom stereocenters. The lowest BCUT2D eigenvalue weighted by Gasteiger charge is -2.16. The van der Waals surface area contributed by atoms with Crippen molar-refractivity contribution >= 4 is 11.6 Å². The predicted octanol–water partition coefficient (Wildman–Crippen LogP) is 2.06. The highest BCUT2D eigenvalue weighted by Gasteiger charge is 2.28. The maximum Gasteiger partial charge on any atom is 0.0774 e. The van der Waals surface area contributed by atoms with Crippen molar-refractivity contribution in [2.24, 2.45) is 0 Å². The Morgan fingerprint density at radius 2 is 2.44 bits per heavy atom. The van der Waals surface area contributed by atoms with E-state index in [9.17, 15) is 0 Å². The third-order valence-electron chi connectivity index (χ3n) is 1.93. The minimum absolute atomic E-state index is 0.344. The molecule has 0 aliphatic carbocycles. The molecule has 2 heterocycles. The average molecular weight is 145 g/mol. The number of rotatable bonds is 0. The van der Waals surface area contributed by atoms with Gasteiger partial charge in [0.15, 0.2) is 0 Å². The third kappa shape index (κ3) is 0.993. The van der Waals surface area contributed by atoms with Gasteiger partial charge in [-0.05, 0) is 18.9 Å². The lowest BCUT2D eigenvalue weighted by molar-refractivity contribution is 0.0629. The van der Waals surface area contributed by atoms with Crippen molar-refractivity contribution in [2.45, 2.75) is 31.5 Å². The molecule has 0 amide bonds. The number of hydrogen-bond acceptors (Lipinski definition) is 1. The molecule has 0 N–H and O–H groups in total. The quantitative estimate of drug-likeness (QED) is 0.506. The van der Waals surface area contributed by atoms with Crippen LogP contribution in [0, 0.1) is 0 Å². The minimum Gasteiger partial charge on any atom is -0.370 e. The van der Waals surface area contributed by atoms with Gasteiger partial charge in [0.25, 0.3) is 0 Å². The van der Waals surface area contributed by atoms with E-state index in [-0.39, 0.29) is 0 Å². The molecule has 2 bridgehead atoms. The first-order chi connectivity index (χ1) is 4.34. The molecule has 9 heavy (non-hydrogen) atoms. The first-order valence-electron chi connectivity index (χ1n) is 3.36. The summed E-state index contributed by atoms with van der Waals surface area (Å²) in [5, 5.41) is 0.994. The first-order valence-corrected chi connectivity index (χ1v) is 3.74. The normalized spacial score (nSPS) is 40.8. The second kappa shape index (κ2) is 1.99. The molecule has 0 spiro atoms. The van der Waals surface area contributed by atoms with Crippen molar-refractivity contribution in [2.75, 3.05) is 0 Å². The molecule has 1 fully saturated rings. The van der Waals surface area contributed by atoms with Crippen LogP contribution in [0.3, 0.4) is 0 Å². The molecule has 0 aromatic carbocycles. The fourth-order valence-corrected chi connectivity index (χ4v) is 1.81. The van der Waals surface area contributed by atoms with E-state index < -0.39 is 0 Å². The van der Waals surface area contributed by atoms with Crippen molar-refractivity contribution in [3.63, 3.8) is 0 Å². The largest absolute Gasteiger partial charge is 0.370 e. The van der Waals surface area contributed by atoms with Crippen LogP contribution in [0.15, 0.2) is 11.1 Å². The van der Waals surface area contributed by atoms with E-state index in [4.69, 9.17) is 16.3 Å². The molecule has 0 saturated carbocycles. The molecule has 0 radical (unpaired) electrons. The van der Waals surface area contributed by atoms with Crippen LogP contribution in [0.1, 0.15) is 19.3 Å². The Morgan fingerprint density at radius 1 is 1.56 bits per heavy atom. The maximum atomic E-state index is 5.83. The zero-order valence-corrected chi connectivity index (χ0v) is 5.90. The van der Waals surface area contributed by atoms with Crippen LogP contribution < -0.4 is 0 Å². The zero-order chi connectivity index (χ0) is 6.27. The van der Waals surface area contributed by atoms with E-state index in [0.717, 1.165) is 11.5 Å². The van der Waals surface area contributed by atoms with Gasteiger partial charge < -0.3 is 4.74 Å². The summed E-state index contributed by atoms with van der Waals surface area (Å²) in [4.78, 5) is 0. The molecule has 0 aromatic heterocycles. The van der Waals surface area contributed by atoms with Gasteiger partial charge in [-0.1, -0.05) is 11.6 Å². The number of halogens is 1. The van der Waals surface area contributed by atoms with Crippen molar-refractivity contribution < 1.29 is 4.74 Å². The molecule has 2 atom stereocenters. The summed E-state index contributed by atoms with van der Waals surface area (Å²) in [5.74, 6) is 0. The van der Waals surface area contributed by atoms with E-state index in [1.807, 2.05) is 6.08 Å². The molecule has 2 aliphatic rings. The lowest BCUT2D eigenvalue weighted by Crippen LogP contribution is -2.13. The molecule has 2 rings (SSSR count). The smallest absolute Gasteiger partial charge is 0.0774 e. The Hall–Kier alpha value is -0.0100. The van der Waals surface area contributed by atoms with Gasteiger partial charge in [-0.15, -0.1) is 0 Å². The zero-order valence-electron chi connectivity index (χ0n) is 5.14. The second-order valence-electron chi connectivity index (χ2n) is 2.69. The molecule has 1 saturated heterocycles. The van der Waals surface area contributed by atoms with Crippen LogP contribution in [0.5, 0.6) is 0 Å². The summed E-state index contributed by atoms with van der Waals surface area (Å²) in [6, 6.07) is 0. The highest BCUT2D eigenvalue weighted by molar-refractivity contribution is 6.29. The first kappa shape index (κ1) is 5.75. The molecule has 1 nitrogen and oxygen atoms in total. The van der Waals surface area contributed by atoms with Crippen LogP contribution >= 0.6 is 11.6 Å². The Bertz CT molecular complexity index is 153. The van der Waals surface area contributed by atoms with Crippen molar-refractivity contribution in [1.29, 1.82) is 0 Å². The molecule has 0 aromatic rings. The Kier molecular flexibility index (Phi) is 1.27. The predicted molar refractivity (Wildman–Crippen MR) is 36.4 cm³/mol. The Balaban J connectivity index is 2.19. The highest BCUT2D eigenvalue weighted by Crippen LogP contribution is 2.32. The van der Waals surface area contributed by atoms with Crippen LogP contribution in [-0.2, 0) is 4.74 Å². The van der Waals surface area contributed by atoms with Crippen LogP contribution in [0.2, 0.25) is 0 Å². The molecule has 50 valence electrons. The van der Waals surface area contributed by atoms with Crippen LogP contribution in [0.25, 0.3) is 0 Å². The van der Waals surface area contributed by atoms with Gasteiger partial charge in [0.2, 0.25) is 0 Å². The summed E-state index contributed by atoms with van der Waals surface area (Å²) >= 11 is 5.83. The highest BCUT2D eigenvalue weighted by atomic mass is 35.5. The maximum absolute atomic E-state index is 5.83. The SMILES string of the molecule is ClC1=CC2CCC(C1)O2. The van der Waals surface area contributed by atoms with Crippen molar-refractivity contribution in [1.82, 2.24) is 0 Å². The number of ether oxygens (including phenoxy) is 1. The summed E-state index contributed by atoms with van der Waals surface area (Å²) in [5.41, 5.74) is 0. The summed E-state index contributed by atoms with van der Waals surface area (Å²) < 4.78 is 5.51. The average Bonchev–Trinajstić information content (AvgIpc) is 2.11. The molecular formula is C7H9ClO. The van der Waals surface area contributed by atoms with Crippen molar-refractivity contribution in [3.8, 4) is 0 Å². The van der Waals surface area contributed by atoms with Gasteiger partial charge in [0.1, 0.15) is 0 Å². The fourth-order valence-electron chi connectivity index (χ4n) is 1.49. The topological polar surface area (TPSA) is 9.23 Å². The van der Waals surface area contributed by atoms with E-state index in [2.05, 4.69) is 0 Å². The molecule has 2 heteroatoms. The Labute approximate surface area is 59.6 Å². The Morgan fingerprint density at radius 3 is 3.22 bits per heavy atom. The molecule has 2 aliphatic heterocycles. The monoisotopic (exact) mass is 144 g/mol. The fraction of sp³-hybridized carbons (Fsp3) is 0.714. The van der Waals surface area contributed by atoms with Gasteiger partial charge in [0.05, 0.1) is 12.2 Å². The van der Waals surface area contributed by atoms with E-state index in [1.165, 1.54) is 12.8 Å². The lowest BCUT2D eigenvalue weighted by atomic mass is 10.2. The van der Waals surface area contributed by atoms with E-state index >= 15 is 0 Å². The van der Waals surface area contributed by atoms with Gasteiger partial charge in [-0.25, -0.2) is 0 Å². The van der Waals surface area contributed by atoms with E-state index in [0.29, 0.717) is 12.2 Å². The summed E-state index contributed by atoms with van der Waals surface area (Å²) in [6.07, 6.45) is 6.12. The summed E-state index contributed by atoms with van der Waals surface area (Å²) in [7, 11) is 0. The van der Waals surface area contributed by atoms with Crippen molar-refractivity contribution in [3.05, 3.63) is 11.1 Å². The van der Waals surface area contributed by atoms with Gasteiger partial charge in [-0.2, -0.15) is 0 Å². The van der Waals surface area contributed by atoms with Crippen LogP contribution in [-0.4, -0.2) is 12.2 Å². The molecular weight excluding hydrogens is 136 g/mol. The third-order valence-corrected chi connectivity index (χ3v) is 2.21. The minimum atomic E-state index is 0.344. The number of hydrogen-bond donors (Lipinski definition) is 0.